The second-order valence-electron chi connectivity index (χ2n) is 9.12. The van der Waals surface area contributed by atoms with Gasteiger partial charge in [0, 0.05) is 23.5 Å². The molecule has 3 aliphatic rings. The van der Waals surface area contributed by atoms with E-state index in [9.17, 15) is 4.79 Å². The van der Waals surface area contributed by atoms with E-state index in [0.29, 0.717) is 35.7 Å². The average Bonchev–Trinajstić information content (AvgIpc) is 3.69. The number of fused-ring (bicyclic) bond motifs is 1. The Morgan fingerprint density at radius 1 is 1.00 bits per heavy atom. The number of nitrogens with one attached hydrogen (secondary N) is 1. The minimum absolute atomic E-state index is 0.0268. The van der Waals surface area contributed by atoms with Crippen LogP contribution in [0.2, 0.25) is 0 Å². The lowest BCUT2D eigenvalue weighted by Crippen LogP contribution is -2.29. The number of amides is 1. The number of carbonyl (C=O) groups is 1. The van der Waals surface area contributed by atoms with Crippen molar-refractivity contribution in [1.29, 1.82) is 0 Å². The molecule has 3 aliphatic heterocycles. The Morgan fingerprint density at radius 3 is 2.59 bits per heavy atom. The van der Waals surface area contributed by atoms with E-state index in [4.69, 9.17) is 9.73 Å². The van der Waals surface area contributed by atoms with Crippen molar-refractivity contribution in [3.8, 4) is 0 Å². The zero-order valence-electron chi connectivity index (χ0n) is 21.9. The number of ether oxygens (including phenoxy) is 1. The maximum absolute atomic E-state index is 14.1. The van der Waals surface area contributed by atoms with Crippen LogP contribution in [0, 0.1) is 0 Å². The smallest absolute Gasteiger partial charge is 0.269 e. The maximum Gasteiger partial charge on any atom is 0.269 e. The quantitative estimate of drug-likeness (QED) is 0.338. The lowest BCUT2D eigenvalue weighted by molar-refractivity contribution is -0.122. The first-order chi connectivity index (χ1) is 19.2. The fourth-order valence-electron chi connectivity index (χ4n) is 4.75. The van der Waals surface area contributed by atoms with Crippen LogP contribution in [0.25, 0.3) is 0 Å². The number of hydrogen-bond acceptors (Lipinski definition) is 8. The van der Waals surface area contributed by atoms with Crippen molar-refractivity contribution in [3.63, 3.8) is 0 Å². The van der Waals surface area contributed by atoms with Gasteiger partial charge in [0.25, 0.3) is 5.91 Å². The van der Waals surface area contributed by atoms with Gasteiger partial charge in [-0.05, 0) is 61.5 Å². The lowest BCUT2D eigenvalue weighted by atomic mass is 10.1. The standard InChI is InChI=1S/C30H29N5O2S2/c1-3-31-22-15-14-21(27-32-16-17-37-27)18-23(22)33-30-35(19-20-10-6-5-7-11-20)28(36)26(39-30)29-34(4-2)24-12-8-9-13-25(24)38-29/h5-15,18,31H,3-4,16-17,19H2,1-2H3/b29-26-,33-30?. The summed E-state index contributed by atoms with van der Waals surface area (Å²) in [5.41, 5.74) is 4.73. The molecule has 0 unspecified atom stereocenters. The molecule has 6 rings (SSSR count). The zero-order chi connectivity index (χ0) is 26.8. The normalized spacial score (nSPS) is 19.5. The summed E-state index contributed by atoms with van der Waals surface area (Å²) >= 11 is 3.10. The summed E-state index contributed by atoms with van der Waals surface area (Å²) in [7, 11) is 0. The van der Waals surface area contributed by atoms with Crippen molar-refractivity contribution >= 4 is 57.6 Å². The molecule has 1 saturated heterocycles. The average molecular weight is 556 g/mol. The topological polar surface area (TPSA) is 69.5 Å². The number of para-hydroxylation sites is 1. The molecule has 0 saturated carbocycles. The van der Waals surface area contributed by atoms with Crippen molar-refractivity contribution in [1.82, 2.24) is 4.90 Å². The summed E-state index contributed by atoms with van der Waals surface area (Å²) in [5, 5.41) is 5.03. The van der Waals surface area contributed by atoms with Crippen molar-refractivity contribution in [3.05, 3.63) is 93.9 Å². The van der Waals surface area contributed by atoms with Crippen LogP contribution in [-0.2, 0) is 16.1 Å². The first-order valence-corrected chi connectivity index (χ1v) is 14.8. The molecular formula is C30H29N5O2S2. The van der Waals surface area contributed by atoms with Crippen LogP contribution in [0.15, 0.2) is 97.6 Å². The van der Waals surface area contributed by atoms with Gasteiger partial charge in [0.1, 0.15) is 16.5 Å². The number of rotatable bonds is 7. The van der Waals surface area contributed by atoms with E-state index in [2.05, 4.69) is 41.2 Å². The number of thioether (sulfide) groups is 2. The molecular weight excluding hydrogens is 526 g/mol. The Morgan fingerprint density at radius 2 is 1.82 bits per heavy atom. The third-order valence-electron chi connectivity index (χ3n) is 6.58. The zero-order valence-corrected chi connectivity index (χ0v) is 23.5. The molecule has 0 aliphatic carbocycles. The molecule has 9 heteroatoms. The van der Waals surface area contributed by atoms with Crippen molar-refractivity contribution < 1.29 is 9.53 Å². The van der Waals surface area contributed by atoms with Gasteiger partial charge in [0.2, 0.25) is 5.90 Å². The van der Waals surface area contributed by atoms with Crippen molar-refractivity contribution in [2.45, 2.75) is 25.3 Å². The van der Waals surface area contributed by atoms with E-state index < -0.39 is 0 Å². The Kier molecular flexibility index (Phi) is 7.34. The number of hydrogen-bond donors (Lipinski definition) is 1. The molecule has 39 heavy (non-hydrogen) atoms. The van der Waals surface area contributed by atoms with Crippen LogP contribution in [0.5, 0.6) is 0 Å². The minimum atomic E-state index is -0.0268. The summed E-state index contributed by atoms with van der Waals surface area (Å²) < 4.78 is 5.72. The Bertz CT molecular complexity index is 1500. The van der Waals surface area contributed by atoms with Gasteiger partial charge in [-0.25, -0.2) is 9.98 Å². The Hall–Kier alpha value is -3.69. The summed E-state index contributed by atoms with van der Waals surface area (Å²) in [5.74, 6) is 0.610. The summed E-state index contributed by atoms with van der Waals surface area (Å²) in [6.45, 7) is 7.40. The Labute approximate surface area is 237 Å². The molecule has 7 nitrogen and oxygen atoms in total. The van der Waals surface area contributed by atoms with Gasteiger partial charge in [-0.3, -0.25) is 9.69 Å². The van der Waals surface area contributed by atoms with Gasteiger partial charge in [-0.2, -0.15) is 0 Å². The second kappa shape index (κ2) is 11.2. The van der Waals surface area contributed by atoms with E-state index in [1.807, 2.05) is 60.7 Å². The van der Waals surface area contributed by atoms with Gasteiger partial charge < -0.3 is 15.0 Å². The fraction of sp³-hybridized carbons (Fsp3) is 0.233. The van der Waals surface area contributed by atoms with Gasteiger partial charge >= 0.3 is 0 Å². The number of aliphatic imine (C=N–C) groups is 2. The maximum atomic E-state index is 14.1. The summed E-state index contributed by atoms with van der Waals surface area (Å²) in [6.07, 6.45) is 0. The third kappa shape index (κ3) is 5.04. The van der Waals surface area contributed by atoms with Gasteiger partial charge in [0.15, 0.2) is 5.17 Å². The highest BCUT2D eigenvalue weighted by Crippen LogP contribution is 2.51. The van der Waals surface area contributed by atoms with E-state index in [0.717, 1.165) is 51.2 Å². The van der Waals surface area contributed by atoms with E-state index in [1.54, 1.807) is 16.7 Å². The van der Waals surface area contributed by atoms with Gasteiger partial charge in [0.05, 0.1) is 30.2 Å². The first kappa shape index (κ1) is 25.6. The highest BCUT2D eigenvalue weighted by Gasteiger charge is 2.39. The molecule has 3 heterocycles. The predicted octanol–water partition coefficient (Wildman–Crippen LogP) is 6.46. The highest BCUT2D eigenvalue weighted by atomic mass is 32.2. The van der Waals surface area contributed by atoms with E-state index in [-0.39, 0.29) is 5.91 Å². The molecule has 1 amide bonds. The molecule has 3 aromatic carbocycles. The molecule has 1 fully saturated rings. The number of benzene rings is 3. The molecule has 0 atom stereocenters. The summed E-state index contributed by atoms with van der Waals surface area (Å²) in [6, 6.07) is 24.4. The van der Waals surface area contributed by atoms with Crippen LogP contribution in [0.4, 0.5) is 17.1 Å². The van der Waals surface area contributed by atoms with Crippen LogP contribution in [-0.4, -0.2) is 48.1 Å². The van der Waals surface area contributed by atoms with Crippen LogP contribution < -0.4 is 10.2 Å². The molecule has 0 bridgehead atoms. The second-order valence-corrected chi connectivity index (χ2v) is 11.1. The molecule has 3 aromatic rings. The third-order valence-corrected chi connectivity index (χ3v) is 8.96. The van der Waals surface area contributed by atoms with Crippen LogP contribution in [0.3, 0.4) is 0 Å². The van der Waals surface area contributed by atoms with Crippen LogP contribution in [0.1, 0.15) is 25.0 Å². The minimum Gasteiger partial charge on any atom is -0.476 e. The summed E-state index contributed by atoms with van der Waals surface area (Å²) in [4.78, 5) is 29.5. The van der Waals surface area contributed by atoms with Crippen LogP contribution >= 0.6 is 23.5 Å². The van der Waals surface area contributed by atoms with E-state index >= 15 is 0 Å². The number of amidine groups is 1. The molecule has 0 spiro atoms. The largest absolute Gasteiger partial charge is 0.476 e. The van der Waals surface area contributed by atoms with E-state index in [1.165, 1.54) is 11.8 Å². The number of nitrogens with zero attached hydrogens (tertiary/aromatic N) is 4. The molecule has 0 aromatic heterocycles. The fourth-order valence-corrected chi connectivity index (χ4v) is 7.14. The Balaban J connectivity index is 1.44. The van der Waals surface area contributed by atoms with Crippen molar-refractivity contribution in [2.24, 2.45) is 9.98 Å². The monoisotopic (exact) mass is 555 g/mol. The molecule has 1 N–H and O–H groups in total. The van der Waals surface area contributed by atoms with Gasteiger partial charge in [-0.1, -0.05) is 54.2 Å². The molecule has 0 radical (unpaired) electrons. The number of anilines is 2. The highest BCUT2D eigenvalue weighted by molar-refractivity contribution is 8.19. The predicted molar refractivity (Wildman–Crippen MR) is 162 cm³/mol. The van der Waals surface area contributed by atoms with Crippen molar-refractivity contribution in [2.75, 3.05) is 36.5 Å². The lowest BCUT2D eigenvalue weighted by Gasteiger charge is -2.19. The number of carbonyl (C=O) groups excluding carboxylic acids is 1. The first-order valence-electron chi connectivity index (χ1n) is 13.1. The van der Waals surface area contributed by atoms with Gasteiger partial charge in [-0.15, -0.1) is 0 Å². The SMILES string of the molecule is CCNc1ccc(C2=NCCO2)cc1N=C1S/C(=C2\Sc3ccccc3N2CC)C(=O)N1Cc1ccccc1. The molecule has 198 valence electrons.